The number of rotatable bonds is 0. The summed E-state index contributed by atoms with van der Waals surface area (Å²) in [6.45, 7) is 1.83. The highest BCUT2D eigenvalue weighted by atomic mass is 16.2. The molecule has 0 radical (unpaired) electrons. The molecule has 0 bridgehead atoms. The molecule has 2 rings (SSSR count). The van der Waals surface area contributed by atoms with Crippen molar-refractivity contribution >= 4 is 17.3 Å². The van der Waals surface area contributed by atoms with E-state index in [0.29, 0.717) is 11.3 Å². The second-order valence-electron chi connectivity index (χ2n) is 3.59. The third kappa shape index (κ3) is 1.33. The zero-order valence-electron chi connectivity index (χ0n) is 8.61. The molecule has 0 spiro atoms. The SMILES string of the molecule is CC1C(=O)Nc2c(C#N)cccc2N1C. The molecular formula is C11H11N3O. The maximum Gasteiger partial charge on any atom is 0.246 e. The van der Waals surface area contributed by atoms with Gasteiger partial charge in [-0.3, -0.25) is 4.79 Å². The van der Waals surface area contributed by atoms with Crippen LogP contribution < -0.4 is 10.2 Å². The van der Waals surface area contributed by atoms with Crippen LogP contribution in [0.1, 0.15) is 12.5 Å². The molecule has 76 valence electrons. The topological polar surface area (TPSA) is 56.1 Å². The van der Waals surface area contributed by atoms with Crippen LogP contribution in [0, 0.1) is 11.3 Å². The third-order valence-electron chi connectivity index (χ3n) is 2.75. The molecule has 0 fully saturated rings. The van der Waals surface area contributed by atoms with Gasteiger partial charge in [0.25, 0.3) is 0 Å². The first-order chi connectivity index (χ1) is 7.15. The molecular weight excluding hydrogens is 190 g/mol. The normalized spacial score (nSPS) is 19.1. The van der Waals surface area contributed by atoms with E-state index in [1.165, 1.54) is 0 Å². The summed E-state index contributed by atoms with van der Waals surface area (Å²) in [5.74, 6) is -0.0762. The van der Waals surface area contributed by atoms with Crippen LogP contribution in [0.5, 0.6) is 0 Å². The van der Waals surface area contributed by atoms with Crippen LogP contribution in [0.2, 0.25) is 0 Å². The summed E-state index contributed by atoms with van der Waals surface area (Å²) in [4.78, 5) is 13.4. The number of nitrogens with zero attached hydrogens (tertiary/aromatic N) is 2. The molecule has 1 aliphatic heterocycles. The van der Waals surface area contributed by atoms with Gasteiger partial charge in [-0.05, 0) is 19.1 Å². The smallest absolute Gasteiger partial charge is 0.246 e. The van der Waals surface area contributed by atoms with Crippen molar-refractivity contribution in [3.63, 3.8) is 0 Å². The minimum atomic E-state index is -0.202. The van der Waals surface area contributed by atoms with Crippen LogP contribution in [0.3, 0.4) is 0 Å². The van der Waals surface area contributed by atoms with Gasteiger partial charge in [0.05, 0.1) is 16.9 Å². The zero-order chi connectivity index (χ0) is 11.0. The molecule has 0 saturated heterocycles. The molecule has 1 atom stereocenters. The number of fused-ring (bicyclic) bond motifs is 1. The van der Waals surface area contributed by atoms with Crippen molar-refractivity contribution in [2.24, 2.45) is 0 Å². The quantitative estimate of drug-likeness (QED) is 0.689. The molecule has 1 aliphatic rings. The number of para-hydroxylation sites is 1. The Balaban J connectivity index is 2.60. The number of nitrogens with one attached hydrogen (secondary N) is 1. The van der Waals surface area contributed by atoms with Crippen molar-refractivity contribution in [1.82, 2.24) is 0 Å². The summed E-state index contributed by atoms with van der Waals surface area (Å²) in [6, 6.07) is 7.28. The summed E-state index contributed by atoms with van der Waals surface area (Å²) >= 11 is 0. The first-order valence-electron chi connectivity index (χ1n) is 4.72. The molecule has 0 saturated carbocycles. The van der Waals surface area contributed by atoms with Crippen LogP contribution >= 0.6 is 0 Å². The van der Waals surface area contributed by atoms with E-state index in [2.05, 4.69) is 11.4 Å². The van der Waals surface area contributed by atoms with Gasteiger partial charge in [0.2, 0.25) is 5.91 Å². The molecule has 0 aromatic heterocycles. The van der Waals surface area contributed by atoms with Crippen molar-refractivity contribution in [2.45, 2.75) is 13.0 Å². The standard InChI is InChI=1S/C11H11N3O/c1-7-11(15)13-10-8(6-12)4-3-5-9(10)14(7)2/h3-5,7H,1-2H3,(H,13,15). The average Bonchev–Trinajstić information content (AvgIpc) is 2.25. The van der Waals surface area contributed by atoms with Crippen molar-refractivity contribution in [3.8, 4) is 6.07 Å². The van der Waals surface area contributed by atoms with E-state index in [9.17, 15) is 4.79 Å². The van der Waals surface area contributed by atoms with Crippen molar-refractivity contribution in [1.29, 1.82) is 5.26 Å². The molecule has 1 aromatic rings. The Morgan fingerprint density at radius 3 is 2.93 bits per heavy atom. The van der Waals surface area contributed by atoms with Gasteiger partial charge in [0.15, 0.2) is 0 Å². The Morgan fingerprint density at radius 1 is 1.53 bits per heavy atom. The monoisotopic (exact) mass is 201 g/mol. The van der Waals surface area contributed by atoms with Gasteiger partial charge in [-0.25, -0.2) is 0 Å². The summed E-state index contributed by atoms with van der Waals surface area (Å²) in [5, 5.41) is 11.7. The van der Waals surface area contributed by atoms with Crippen molar-refractivity contribution in [3.05, 3.63) is 23.8 Å². The summed E-state index contributed by atoms with van der Waals surface area (Å²) in [6.07, 6.45) is 0. The lowest BCUT2D eigenvalue weighted by Gasteiger charge is -2.33. The Labute approximate surface area is 88.1 Å². The fraction of sp³-hybridized carbons (Fsp3) is 0.273. The first-order valence-corrected chi connectivity index (χ1v) is 4.72. The second kappa shape index (κ2) is 3.28. The highest BCUT2D eigenvalue weighted by molar-refractivity contribution is 6.04. The summed E-state index contributed by atoms with van der Waals surface area (Å²) in [5.41, 5.74) is 2.01. The number of benzene rings is 1. The molecule has 1 N–H and O–H groups in total. The van der Waals surface area contributed by atoms with E-state index in [4.69, 9.17) is 5.26 Å². The number of amides is 1. The van der Waals surface area contributed by atoms with E-state index >= 15 is 0 Å². The van der Waals surface area contributed by atoms with Crippen LogP contribution in [-0.2, 0) is 4.79 Å². The number of hydrogen-bond donors (Lipinski definition) is 1. The largest absolute Gasteiger partial charge is 0.361 e. The van der Waals surface area contributed by atoms with Crippen molar-refractivity contribution in [2.75, 3.05) is 17.3 Å². The lowest BCUT2D eigenvalue weighted by atomic mass is 10.1. The molecule has 1 aromatic carbocycles. The maximum absolute atomic E-state index is 11.6. The van der Waals surface area contributed by atoms with Gasteiger partial charge >= 0.3 is 0 Å². The minimum absolute atomic E-state index is 0.0762. The fourth-order valence-electron chi connectivity index (χ4n) is 1.67. The Bertz CT molecular complexity index is 461. The molecule has 15 heavy (non-hydrogen) atoms. The predicted octanol–water partition coefficient (Wildman–Crippen LogP) is 1.34. The van der Waals surface area contributed by atoms with E-state index in [1.807, 2.05) is 31.0 Å². The number of nitriles is 1. The summed E-state index contributed by atoms with van der Waals surface area (Å²) in [7, 11) is 1.85. The van der Waals surface area contributed by atoms with Gasteiger partial charge in [0.1, 0.15) is 12.1 Å². The minimum Gasteiger partial charge on any atom is -0.361 e. The molecule has 4 heteroatoms. The van der Waals surface area contributed by atoms with E-state index in [0.717, 1.165) is 5.69 Å². The third-order valence-corrected chi connectivity index (χ3v) is 2.75. The molecule has 4 nitrogen and oxygen atoms in total. The summed E-state index contributed by atoms with van der Waals surface area (Å²) < 4.78 is 0. The van der Waals surface area contributed by atoms with E-state index in [-0.39, 0.29) is 11.9 Å². The number of hydrogen-bond acceptors (Lipinski definition) is 3. The first kappa shape index (κ1) is 9.53. The van der Waals surface area contributed by atoms with E-state index in [1.54, 1.807) is 6.07 Å². The second-order valence-corrected chi connectivity index (χ2v) is 3.59. The predicted molar refractivity (Wildman–Crippen MR) is 57.7 cm³/mol. The zero-order valence-corrected chi connectivity index (χ0v) is 8.61. The number of carbonyl (C=O) groups excluding carboxylic acids is 1. The highest BCUT2D eigenvalue weighted by Gasteiger charge is 2.27. The number of likely N-dealkylation sites (N-methyl/N-ethyl adjacent to an activating group) is 1. The average molecular weight is 201 g/mol. The lowest BCUT2D eigenvalue weighted by Crippen LogP contribution is -2.44. The number of anilines is 2. The Hall–Kier alpha value is -2.02. The molecule has 1 unspecified atom stereocenters. The lowest BCUT2D eigenvalue weighted by molar-refractivity contribution is -0.117. The van der Waals surface area contributed by atoms with Crippen LogP contribution in [0.15, 0.2) is 18.2 Å². The van der Waals surface area contributed by atoms with Gasteiger partial charge in [0, 0.05) is 7.05 Å². The Morgan fingerprint density at radius 2 is 2.27 bits per heavy atom. The van der Waals surface area contributed by atoms with Crippen LogP contribution in [0.4, 0.5) is 11.4 Å². The van der Waals surface area contributed by atoms with Gasteiger partial charge < -0.3 is 10.2 Å². The molecule has 1 heterocycles. The highest BCUT2D eigenvalue weighted by Crippen LogP contribution is 2.33. The van der Waals surface area contributed by atoms with Gasteiger partial charge in [-0.15, -0.1) is 0 Å². The maximum atomic E-state index is 11.6. The van der Waals surface area contributed by atoms with Gasteiger partial charge in [-0.1, -0.05) is 6.07 Å². The molecule has 0 aliphatic carbocycles. The Kier molecular flexibility index (Phi) is 2.09. The fourth-order valence-corrected chi connectivity index (χ4v) is 1.67. The van der Waals surface area contributed by atoms with Gasteiger partial charge in [-0.2, -0.15) is 5.26 Å². The molecule has 1 amide bonds. The van der Waals surface area contributed by atoms with Crippen molar-refractivity contribution < 1.29 is 4.79 Å². The van der Waals surface area contributed by atoms with E-state index < -0.39 is 0 Å². The number of carbonyl (C=O) groups is 1. The van der Waals surface area contributed by atoms with Crippen LogP contribution in [0.25, 0.3) is 0 Å². The van der Waals surface area contributed by atoms with Crippen LogP contribution in [-0.4, -0.2) is 19.0 Å².